The van der Waals surface area contributed by atoms with Crippen molar-refractivity contribution >= 4 is 22.7 Å². The number of aromatic nitrogens is 2. The highest BCUT2D eigenvalue weighted by molar-refractivity contribution is 5.95. The lowest BCUT2D eigenvalue weighted by molar-refractivity contribution is -0.143. The van der Waals surface area contributed by atoms with Crippen LogP contribution in [-0.2, 0) is 4.79 Å². The summed E-state index contributed by atoms with van der Waals surface area (Å²) in [5.41, 5.74) is 2.08. The van der Waals surface area contributed by atoms with Crippen LogP contribution in [0.1, 0.15) is 23.2 Å². The molecule has 0 bridgehead atoms. The van der Waals surface area contributed by atoms with Crippen molar-refractivity contribution in [1.29, 1.82) is 0 Å². The quantitative estimate of drug-likeness (QED) is 0.725. The summed E-state index contributed by atoms with van der Waals surface area (Å²) in [6, 6.07) is 13.5. The van der Waals surface area contributed by atoms with Crippen molar-refractivity contribution in [3.63, 3.8) is 0 Å². The molecule has 0 unspecified atom stereocenters. The van der Waals surface area contributed by atoms with Gasteiger partial charge in [-0.1, -0.05) is 12.1 Å². The summed E-state index contributed by atoms with van der Waals surface area (Å²) in [6.07, 6.45) is 4.45. The minimum Gasteiger partial charge on any atom is -0.380 e. The number of amides is 2. The Bertz CT molecular complexity index is 1120. The van der Waals surface area contributed by atoms with E-state index in [0.29, 0.717) is 44.6 Å². The molecular formula is C23H22N4O3. The molecule has 5 rings (SSSR count). The zero-order chi connectivity index (χ0) is 20.7. The van der Waals surface area contributed by atoms with E-state index in [4.69, 9.17) is 0 Å². The molecule has 3 aromatic rings. The Labute approximate surface area is 174 Å². The number of benzene rings is 1. The number of nitrogens with zero attached hydrogens (tertiary/aromatic N) is 4. The minimum absolute atomic E-state index is 0.0889. The zero-order valence-corrected chi connectivity index (χ0v) is 16.5. The number of hydrogen-bond acceptors (Lipinski definition) is 5. The third kappa shape index (κ3) is 3.41. The van der Waals surface area contributed by atoms with E-state index >= 15 is 0 Å². The fourth-order valence-corrected chi connectivity index (χ4v) is 3.85. The van der Waals surface area contributed by atoms with Gasteiger partial charge in [0.1, 0.15) is 5.60 Å². The van der Waals surface area contributed by atoms with E-state index in [1.165, 1.54) is 0 Å². The molecule has 2 aromatic heterocycles. The SMILES string of the molecule is O=C(c1ccc(-c2ccc3ncccc3c2)nc1)N1CCN(C(=O)C2(O)CC2)CC1. The van der Waals surface area contributed by atoms with Gasteiger partial charge in [-0.3, -0.25) is 19.6 Å². The third-order valence-electron chi connectivity index (χ3n) is 5.88. The van der Waals surface area contributed by atoms with Gasteiger partial charge < -0.3 is 14.9 Å². The van der Waals surface area contributed by atoms with Gasteiger partial charge in [0.2, 0.25) is 0 Å². The Morgan fingerprint density at radius 1 is 0.933 bits per heavy atom. The van der Waals surface area contributed by atoms with Gasteiger partial charge in [-0.2, -0.15) is 0 Å². The maximum absolute atomic E-state index is 12.8. The van der Waals surface area contributed by atoms with Crippen LogP contribution in [-0.4, -0.2) is 68.5 Å². The molecule has 3 heterocycles. The third-order valence-corrected chi connectivity index (χ3v) is 5.88. The minimum atomic E-state index is -1.15. The van der Waals surface area contributed by atoms with Gasteiger partial charge in [-0.25, -0.2) is 0 Å². The largest absolute Gasteiger partial charge is 0.380 e. The molecule has 1 N–H and O–H groups in total. The summed E-state index contributed by atoms with van der Waals surface area (Å²) in [4.78, 5) is 37.3. The lowest BCUT2D eigenvalue weighted by Gasteiger charge is -2.35. The van der Waals surface area contributed by atoms with E-state index in [0.717, 1.165) is 22.2 Å². The highest BCUT2D eigenvalue weighted by Gasteiger charge is 2.50. The molecule has 152 valence electrons. The molecule has 1 saturated heterocycles. The van der Waals surface area contributed by atoms with Crippen LogP contribution < -0.4 is 0 Å². The lowest BCUT2D eigenvalue weighted by atomic mass is 10.1. The molecule has 1 aliphatic heterocycles. The Morgan fingerprint density at radius 3 is 2.40 bits per heavy atom. The predicted molar refractivity (Wildman–Crippen MR) is 112 cm³/mol. The average Bonchev–Trinajstić information content (AvgIpc) is 3.56. The first-order valence-corrected chi connectivity index (χ1v) is 10.2. The molecule has 2 aliphatic rings. The second-order valence-electron chi connectivity index (χ2n) is 7.96. The van der Waals surface area contributed by atoms with Crippen LogP contribution in [0.5, 0.6) is 0 Å². The maximum atomic E-state index is 12.8. The number of rotatable bonds is 3. The summed E-state index contributed by atoms with van der Waals surface area (Å²) < 4.78 is 0. The topological polar surface area (TPSA) is 86.6 Å². The fraction of sp³-hybridized carbons (Fsp3) is 0.304. The molecule has 0 atom stereocenters. The molecule has 2 fully saturated rings. The van der Waals surface area contributed by atoms with Crippen LogP contribution in [0.4, 0.5) is 0 Å². The number of fused-ring (bicyclic) bond motifs is 1. The van der Waals surface area contributed by atoms with E-state index < -0.39 is 5.60 Å². The number of hydrogen-bond donors (Lipinski definition) is 1. The predicted octanol–water partition coefficient (Wildman–Crippen LogP) is 2.11. The smallest absolute Gasteiger partial charge is 0.255 e. The van der Waals surface area contributed by atoms with Crippen LogP contribution in [0.2, 0.25) is 0 Å². The van der Waals surface area contributed by atoms with Crippen molar-refractivity contribution in [3.05, 3.63) is 60.4 Å². The lowest BCUT2D eigenvalue weighted by Crippen LogP contribution is -2.53. The first-order chi connectivity index (χ1) is 14.5. The summed E-state index contributed by atoms with van der Waals surface area (Å²) in [5, 5.41) is 11.0. The van der Waals surface area contributed by atoms with Gasteiger partial charge in [-0.05, 0) is 43.2 Å². The van der Waals surface area contributed by atoms with Crippen LogP contribution in [0.25, 0.3) is 22.2 Å². The summed E-state index contributed by atoms with van der Waals surface area (Å²) >= 11 is 0. The van der Waals surface area contributed by atoms with Crippen molar-refractivity contribution in [2.24, 2.45) is 0 Å². The normalized spacial score (nSPS) is 17.8. The zero-order valence-electron chi connectivity index (χ0n) is 16.5. The van der Waals surface area contributed by atoms with Gasteiger partial charge in [0.05, 0.1) is 16.8 Å². The van der Waals surface area contributed by atoms with Crippen LogP contribution in [0.3, 0.4) is 0 Å². The second kappa shape index (κ2) is 7.18. The Kier molecular flexibility index (Phi) is 4.47. The van der Waals surface area contributed by atoms with E-state index in [1.807, 2.05) is 36.4 Å². The van der Waals surface area contributed by atoms with Crippen molar-refractivity contribution in [2.45, 2.75) is 18.4 Å². The molecule has 2 amide bonds. The first-order valence-electron chi connectivity index (χ1n) is 10.2. The molecule has 7 nitrogen and oxygen atoms in total. The van der Waals surface area contributed by atoms with Crippen LogP contribution in [0, 0.1) is 0 Å². The van der Waals surface area contributed by atoms with Crippen LogP contribution in [0.15, 0.2) is 54.9 Å². The highest BCUT2D eigenvalue weighted by atomic mass is 16.3. The Hall–Kier alpha value is -3.32. The highest BCUT2D eigenvalue weighted by Crippen LogP contribution is 2.37. The van der Waals surface area contributed by atoms with Gasteiger partial charge in [0, 0.05) is 49.5 Å². The monoisotopic (exact) mass is 402 g/mol. The average molecular weight is 402 g/mol. The molecule has 0 spiro atoms. The number of aliphatic hydroxyl groups is 1. The van der Waals surface area contributed by atoms with Gasteiger partial charge in [0.15, 0.2) is 0 Å². The number of carbonyl (C=O) groups excluding carboxylic acids is 2. The number of carbonyl (C=O) groups is 2. The molecular weight excluding hydrogens is 380 g/mol. The maximum Gasteiger partial charge on any atom is 0.255 e. The van der Waals surface area contributed by atoms with E-state index in [1.54, 1.807) is 28.3 Å². The number of piperazine rings is 1. The van der Waals surface area contributed by atoms with Crippen molar-refractivity contribution in [1.82, 2.24) is 19.8 Å². The van der Waals surface area contributed by atoms with Gasteiger partial charge in [0.25, 0.3) is 11.8 Å². The van der Waals surface area contributed by atoms with Crippen LogP contribution >= 0.6 is 0 Å². The van der Waals surface area contributed by atoms with Crippen molar-refractivity contribution < 1.29 is 14.7 Å². The van der Waals surface area contributed by atoms with E-state index in [9.17, 15) is 14.7 Å². The van der Waals surface area contributed by atoms with Crippen molar-refractivity contribution in [2.75, 3.05) is 26.2 Å². The molecule has 7 heteroatoms. The second-order valence-corrected chi connectivity index (χ2v) is 7.96. The van der Waals surface area contributed by atoms with E-state index in [-0.39, 0.29) is 11.8 Å². The molecule has 1 saturated carbocycles. The number of pyridine rings is 2. The summed E-state index contributed by atoms with van der Waals surface area (Å²) in [6.45, 7) is 1.81. The standard InChI is InChI=1S/C23H22N4O3/c28-21(26-10-12-27(13-11-26)22(29)23(30)7-8-23)18-4-6-20(25-15-18)17-3-5-19-16(14-17)2-1-9-24-19/h1-6,9,14-15,30H,7-8,10-13H2. The molecule has 0 radical (unpaired) electrons. The Morgan fingerprint density at radius 2 is 1.70 bits per heavy atom. The molecule has 30 heavy (non-hydrogen) atoms. The van der Waals surface area contributed by atoms with Gasteiger partial charge in [-0.15, -0.1) is 0 Å². The Balaban J connectivity index is 1.26. The molecule has 1 aromatic carbocycles. The molecule has 1 aliphatic carbocycles. The first kappa shape index (κ1) is 18.7. The van der Waals surface area contributed by atoms with E-state index in [2.05, 4.69) is 9.97 Å². The summed E-state index contributed by atoms with van der Waals surface area (Å²) in [5.74, 6) is -0.291. The van der Waals surface area contributed by atoms with Gasteiger partial charge >= 0.3 is 0 Å². The van der Waals surface area contributed by atoms with Crippen molar-refractivity contribution in [3.8, 4) is 11.3 Å². The summed E-state index contributed by atoms with van der Waals surface area (Å²) in [7, 11) is 0. The fourth-order valence-electron chi connectivity index (χ4n) is 3.85.